The highest BCUT2D eigenvalue weighted by atomic mass is 32.2. The first kappa shape index (κ1) is 19.8. The number of hydrogen-bond acceptors (Lipinski definition) is 6. The van der Waals surface area contributed by atoms with Crippen LogP contribution in [0.2, 0.25) is 0 Å². The van der Waals surface area contributed by atoms with E-state index < -0.39 is 0 Å². The van der Waals surface area contributed by atoms with Gasteiger partial charge in [0.2, 0.25) is 11.1 Å². The van der Waals surface area contributed by atoms with Crippen LogP contribution in [-0.4, -0.2) is 33.1 Å². The zero-order chi connectivity index (χ0) is 20.1. The molecule has 1 amide bonds. The first-order valence-electron chi connectivity index (χ1n) is 8.93. The Morgan fingerprint density at radius 2 is 1.86 bits per heavy atom. The lowest BCUT2D eigenvalue weighted by molar-refractivity contribution is -0.115. The summed E-state index contributed by atoms with van der Waals surface area (Å²) in [4.78, 5) is 12.5. The molecule has 0 radical (unpaired) electrons. The van der Waals surface area contributed by atoms with Crippen LogP contribution in [0.1, 0.15) is 19.4 Å². The molecule has 3 aromatic rings. The van der Waals surface area contributed by atoms with E-state index in [9.17, 15) is 4.79 Å². The van der Waals surface area contributed by atoms with Crippen molar-refractivity contribution in [3.63, 3.8) is 0 Å². The molecule has 0 spiro atoms. The Bertz CT molecular complexity index is 938. The summed E-state index contributed by atoms with van der Waals surface area (Å²) in [7, 11) is 1.61. The molecule has 146 valence electrons. The van der Waals surface area contributed by atoms with Crippen LogP contribution in [0, 0.1) is 0 Å². The normalized spacial score (nSPS) is 11.8. The molecule has 0 saturated heterocycles. The Hall–Kier alpha value is -3.00. The minimum atomic E-state index is -0.388. The van der Waals surface area contributed by atoms with Crippen molar-refractivity contribution in [1.29, 1.82) is 0 Å². The van der Waals surface area contributed by atoms with E-state index in [1.807, 2.05) is 55.5 Å². The predicted octanol–water partition coefficient (Wildman–Crippen LogP) is 3.35. The summed E-state index contributed by atoms with van der Waals surface area (Å²) < 4.78 is 6.55. The Kier molecular flexibility index (Phi) is 6.20. The number of aryl methyl sites for hydroxylation is 1. The van der Waals surface area contributed by atoms with Crippen molar-refractivity contribution in [1.82, 2.24) is 14.9 Å². The number of benzene rings is 2. The number of carbonyl (C=O) groups is 1. The van der Waals surface area contributed by atoms with Gasteiger partial charge in [0.05, 0.1) is 12.4 Å². The molecule has 0 saturated carbocycles. The largest absolute Gasteiger partial charge is 0.497 e. The van der Waals surface area contributed by atoms with Gasteiger partial charge < -0.3 is 15.9 Å². The Morgan fingerprint density at radius 1 is 1.18 bits per heavy atom. The van der Waals surface area contributed by atoms with Crippen molar-refractivity contribution in [3.8, 4) is 17.1 Å². The van der Waals surface area contributed by atoms with Crippen molar-refractivity contribution in [3.05, 3.63) is 54.1 Å². The molecule has 28 heavy (non-hydrogen) atoms. The van der Waals surface area contributed by atoms with E-state index in [2.05, 4.69) is 22.4 Å². The first-order chi connectivity index (χ1) is 13.5. The van der Waals surface area contributed by atoms with E-state index in [0.717, 1.165) is 23.4 Å². The molecule has 0 fully saturated rings. The maximum Gasteiger partial charge on any atom is 0.237 e. The second-order valence-corrected chi connectivity index (χ2v) is 7.51. The van der Waals surface area contributed by atoms with Crippen molar-refractivity contribution >= 4 is 23.4 Å². The lowest BCUT2D eigenvalue weighted by Gasteiger charge is -2.12. The zero-order valence-corrected chi connectivity index (χ0v) is 16.9. The first-order valence-corrected chi connectivity index (χ1v) is 9.81. The van der Waals surface area contributed by atoms with Crippen LogP contribution in [-0.2, 0) is 11.2 Å². The molecule has 8 heteroatoms. The van der Waals surface area contributed by atoms with Gasteiger partial charge in [0.25, 0.3) is 0 Å². The van der Waals surface area contributed by atoms with Gasteiger partial charge in [-0.1, -0.05) is 30.8 Å². The maximum absolute atomic E-state index is 12.5. The third kappa shape index (κ3) is 4.45. The van der Waals surface area contributed by atoms with Crippen LogP contribution in [0.25, 0.3) is 11.4 Å². The number of amides is 1. The molecule has 0 aliphatic carbocycles. The second-order valence-electron chi connectivity index (χ2n) is 6.20. The number of methoxy groups -OCH3 is 1. The molecule has 0 unspecified atom stereocenters. The fourth-order valence-electron chi connectivity index (χ4n) is 2.57. The van der Waals surface area contributed by atoms with Gasteiger partial charge in [-0.25, -0.2) is 4.68 Å². The fourth-order valence-corrected chi connectivity index (χ4v) is 3.34. The minimum Gasteiger partial charge on any atom is -0.497 e. The third-order valence-corrected chi connectivity index (χ3v) is 5.35. The molecule has 1 atom stereocenters. The van der Waals surface area contributed by atoms with Crippen molar-refractivity contribution < 1.29 is 9.53 Å². The molecule has 1 heterocycles. The van der Waals surface area contributed by atoms with Gasteiger partial charge in [-0.05, 0) is 55.3 Å². The number of nitrogens with two attached hydrogens (primary N) is 1. The Balaban J connectivity index is 1.67. The average molecular weight is 398 g/mol. The quantitative estimate of drug-likeness (QED) is 0.469. The Morgan fingerprint density at radius 3 is 2.46 bits per heavy atom. The number of nitrogens with one attached hydrogen (secondary N) is 1. The number of thioether (sulfide) groups is 1. The van der Waals surface area contributed by atoms with E-state index in [0.29, 0.717) is 11.0 Å². The van der Waals surface area contributed by atoms with Gasteiger partial charge >= 0.3 is 0 Å². The Labute approximate surface area is 168 Å². The summed E-state index contributed by atoms with van der Waals surface area (Å²) in [6.45, 7) is 3.90. The highest BCUT2D eigenvalue weighted by Crippen LogP contribution is 2.26. The standard InChI is InChI=1S/C20H23N5O2S/c1-4-14-5-9-16(10-6-14)22-19(26)13(2)28-20-24-23-18(25(20)21)15-7-11-17(27-3)12-8-15/h5-13H,4,21H2,1-3H3,(H,22,26)/t13-/m1/s1. The lowest BCUT2D eigenvalue weighted by Crippen LogP contribution is -2.23. The maximum atomic E-state index is 12.5. The molecule has 7 nitrogen and oxygen atoms in total. The van der Waals surface area contributed by atoms with Crippen LogP contribution in [0.15, 0.2) is 53.7 Å². The predicted molar refractivity (Wildman–Crippen MR) is 112 cm³/mol. The number of aromatic nitrogens is 3. The third-order valence-electron chi connectivity index (χ3n) is 4.29. The van der Waals surface area contributed by atoms with Gasteiger partial charge in [0, 0.05) is 11.3 Å². The summed E-state index contributed by atoms with van der Waals surface area (Å²) in [6.07, 6.45) is 0.961. The zero-order valence-electron chi connectivity index (χ0n) is 16.0. The van der Waals surface area contributed by atoms with Gasteiger partial charge in [0.1, 0.15) is 5.75 Å². The van der Waals surface area contributed by atoms with E-state index in [1.54, 1.807) is 7.11 Å². The van der Waals surface area contributed by atoms with Gasteiger partial charge in [-0.3, -0.25) is 4.79 Å². The molecule has 2 aromatic carbocycles. The van der Waals surface area contributed by atoms with Gasteiger partial charge in [-0.15, -0.1) is 10.2 Å². The minimum absolute atomic E-state index is 0.122. The average Bonchev–Trinajstić information content (AvgIpc) is 3.08. The highest BCUT2D eigenvalue weighted by Gasteiger charge is 2.20. The number of carbonyl (C=O) groups excluding carboxylic acids is 1. The molecule has 0 bridgehead atoms. The van der Waals surface area contributed by atoms with Crippen LogP contribution >= 0.6 is 11.8 Å². The number of nitrogen functional groups attached to an aromatic ring is 1. The summed E-state index contributed by atoms with van der Waals surface area (Å²) in [5.41, 5.74) is 2.81. The molecule has 1 aromatic heterocycles. The lowest BCUT2D eigenvalue weighted by atomic mass is 10.1. The fraction of sp³-hybridized carbons (Fsp3) is 0.250. The van der Waals surface area contributed by atoms with Crippen LogP contribution < -0.4 is 15.9 Å². The highest BCUT2D eigenvalue weighted by molar-refractivity contribution is 8.00. The SMILES string of the molecule is CCc1ccc(NC(=O)[C@@H](C)Sc2nnc(-c3ccc(OC)cc3)n2N)cc1. The summed E-state index contributed by atoms with van der Waals surface area (Å²) in [5, 5.41) is 11.3. The van der Waals surface area contributed by atoms with Crippen molar-refractivity contribution in [2.24, 2.45) is 0 Å². The van der Waals surface area contributed by atoms with E-state index in [1.165, 1.54) is 22.0 Å². The second kappa shape index (κ2) is 8.79. The topological polar surface area (TPSA) is 95.1 Å². The summed E-state index contributed by atoms with van der Waals surface area (Å²) in [6, 6.07) is 15.2. The van der Waals surface area contributed by atoms with Gasteiger partial charge in [-0.2, -0.15) is 0 Å². The number of anilines is 1. The molecule has 0 aliphatic heterocycles. The van der Waals surface area contributed by atoms with E-state index >= 15 is 0 Å². The summed E-state index contributed by atoms with van der Waals surface area (Å²) >= 11 is 1.26. The molecule has 3 rings (SSSR count). The number of rotatable bonds is 7. The van der Waals surface area contributed by atoms with Crippen molar-refractivity contribution in [2.75, 3.05) is 18.3 Å². The molecule has 3 N–H and O–H groups in total. The molecule has 0 aliphatic rings. The van der Waals surface area contributed by atoms with Crippen LogP contribution in [0.3, 0.4) is 0 Å². The van der Waals surface area contributed by atoms with Crippen LogP contribution in [0.4, 0.5) is 5.69 Å². The summed E-state index contributed by atoms with van der Waals surface area (Å²) in [5.74, 6) is 7.29. The number of ether oxygens (including phenoxy) is 1. The molecular weight excluding hydrogens is 374 g/mol. The monoisotopic (exact) mass is 397 g/mol. The molecular formula is C20H23N5O2S. The van der Waals surface area contributed by atoms with E-state index in [4.69, 9.17) is 10.6 Å². The number of nitrogens with zero attached hydrogens (tertiary/aromatic N) is 3. The number of hydrogen-bond donors (Lipinski definition) is 2. The van der Waals surface area contributed by atoms with Crippen LogP contribution in [0.5, 0.6) is 5.75 Å². The van der Waals surface area contributed by atoms with Gasteiger partial charge in [0.15, 0.2) is 5.82 Å². The smallest absolute Gasteiger partial charge is 0.237 e. The van der Waals surface area contributed by atoms with Crippen molar-refractivity contribution in [2.45, 2.75) is 30.7 Å². The van der Waals surface area contributed by atoms with E-state index in [-0.39, 0.29) is 11.2 Å².